The molecule has 17 heteroatoms. The van der Waals surface area contributed by atoms with Crippen molar-refractivity contribution in [1.29, 1.82) is 5.26 Å². The number of piperidine rings is 1. The highest BCUT2D eigenvalue weighted by atomic mass is 19.4. The van der Waals surface area contributed by atoms with Crippen molar-refractivity contribution >= 4 is 17.6 Å². The molecule has 12 nitrogen and oxygen atoms in total. The summed E-state index contributed by atoms with van der Waals surface area (Å²) in [5, 5.41) is 15.5. The van der Waals surface area contributed by atoms with Crippen molar-refractivity contribution < 1.29 is 31.4 Å². The zero-order valence-corrected chi connectivity index (χ0v) is 25.5. The Morgan fingerprint density at radius 2 is 1.88 bits per heavy atom. The SMILES string of the molecule is N#Cc1ccc(COc2nc(C3CCN(Cc4nc(/C=C(\N)c5nnc(C(F)(F)F)[nH]5)c(N)n4CC4CCO4)CC3)ccc2F)c(F)c1. The maximum absolute atomic E-state index is 14.6. The minimum atomic E-state index is -4.70. The average molecular weight is 671 g/mol. The number of nitriles is 1. The lowest BCUT2D eigenvalue weighted by atomic mass is 9.93. The van der Waals surface area contributed by atoms with Crippen molar-refractivity contribution in [3.05, 3.63) is 82.0 Å². The number of H-pyrrole nitrogens is 1. The van der Waals surface area contributed by atoms with Crippen LogP contribution in [0.2, 0.25) is 0 Å². The van der Waals surface area contributed by atoms with E-state index in [2.05, 4.69) is 30.0 Å². The largest absolute Gasteiger partial charge is 0.471 e. The van der Waals surface area contributed by atoms with E-state index in [1.54, 1.807) is 6.07 Å². The number of nitrogens with one attached hydrogen (secondary N) is 1. The number of nitrogen functional groups attached to an aromatic ring is 1. The summed E-state index contributed by atoms with van der Waals surface area (Å²) >= 11 is 0. The summed E-state index contributed by atoms with van der Waals surface area (Å²) < 4.78 is 80.7. The monoisotopic (exact) mass is 670 g/mol. The second kappa shape index (κ2) is 13.6. The topological polar surface area (TPSA) is 170 Å². The van der Waals surface area contributed by atoms with Crippen molar-refractivity contribution in [2.45, 2.75) is 57.2 Å². The van der Waals surface area contributed by atoms with Crippen molar-refractivity contribution in [3.63, 3.8) is 0 Å². The van der Waals surface area contributed by atoms with Crippen LogP contribution in [0.15, 0.2) is 30.3 Å². The van der Waals surface area contributed by atoms with Crippen LogP contribution in [0.1, 0.15) is 65.2 Å². The Bertz CT molecular complexity index is 1850. The number of aromatic amines is 1. The maximum atomic E-state index is 14.6. The van der Waals surface area contributed by atoms with Crippen molar-refractivity contribution in [3.8, 4) is 11.9 Å². The van der Waals surface area contributed by atoms with Crippen molar-refractivity contribution in [1.82, 2.24) is 34.6 Å². The molecule has 0 radical (unpaired) electrons. The van der Waals surface area contributed by atoms with E-state index in [4.69, 9.17) is 26.2 Å². The molecule has 6 rings (SSSR count). The number of hydrogen-bond donors (Lipinski definition) is 3. The quantitative estimate of drug-likeness (QED) is 0.206. The number of benzene rings is 1. The molecule has 1 aromatic carbocycles. The highest BCUT2D eigenvalue weighted by Crippen LogP contribution is 2.31. The van der Waals surface area contributed by atoms with Gasteiger partial charge in [0.1, 0.15) is 29.8 Å². The first-order valence-corrected chi connectivity index (χ1v) is 15.1. The minimum Gasteiger partial charge on any atom is -0.471 e. The van der Waals surface area contributed by atoms with Gasteiger partial charge in [-0.25, -0.2) is 18.7 Å². The average Bonchev–Trinajstić information content (AvgIpc) is 3.65. The Morgan fingerprint density at radius 3 is 2.52 bits per heavy atom. The molecule has 4 aromatic rings. The molecule has 3 aromatic heterocycles. The van der Waals surface area contributed by atoms with Gasteiger partial charge in [-0.05, 0) is 62.7 Å². The second-order valence-corrected chi connectivity index (χ2v) is 11.6. The molecule has 5 heterocycles. The molecular weight excluding hydrogens is 639 g/mol. The van der Waals surface area contributed by atoms with Gasteiger partial charge in [-0.1, -0.05) is 6.07 Å². The van der Waals surface area contributed by atoms with E-state index in [-0.39, 0.29) is 58.7 Å². The summed E-state index contributed by atoms with van der Waals surface area (Å²) in [6, 6.07) is 8.73. The van der Waals surface area contributed by atoms with Gasteiger partial charge in [0.05, 0.1) is 36.5 Å². The molecule has 252 valence electrons. The molecule has 48 heavy (non-hydrogen) atoms. The first-order valence-electron chi connectivity index (χ1n) is 15.1. The summed E-state index contributed by atoms with van der Waals surface area (Å²) in [5.41, 5.74) is 13.7. The van der Waals surface area contributed by atoms with Crippen LogP contribution in [-0.4, -0.2) is 60.4 Å². The van der Waals surface area contributed by atoms with Gasteiger partial charge in [0.25, 0.3) is 5.88 Å². The van der Waals surface area contributed by atoms with Gasteiger partial charge in [-0.3, -0.25) is 4.90 Å². The fourth-order valence-electron chi connectivity index (χ4n) is 5.57. The lowest BCUT2D eigenvalue weighted by Gasteiger charge is -2.32. The number of hydrogen-bond acceptors (Lipinski definition) is 10. The van der Waals surface area contributed by atoms with Crippen molar-refractivity contribution in [2.24, 2.45) is 5.73 Å². The van der Waals surface area contributed by atoms with E-state index < -0.39 is 23.6 Å². The summed E-state index contributed by atoms with van der Waals surface area (Å²) in [4.78, 5) is 13.3. The molecule has 1 atom stereocenters. The smallest absolute Gasteiger partial charge is 0.451 e. The number of ether oxygens (including phenoxy) is 2. The molecule has 2 aliphatic heterocycles. The summed E-state index contributed by atoms with van der Waals surface area (Å²) in [7, 11) is 0. The van der Waals surface area contributed by atoms with Gasteiger partial charge < -0.3 is 30.5 Å². The van der Waals surface area contributed by atoms with Gasteiger partial charge in [0.15, 0.2) is 11.6 Å². The number of likely N-dealkylation sites (tertiary alicyclic amines) is 1. The van der Waals surface area contributed by atoms with Crippen LogP contribution in [0.3, 0.4) is 0 Å². The van der Waals surface area contributed by atoms with Crippen molar-refractivity contribution in [2.75, 3.05) is 25.4 Å². The number of halogens is 5. The van der Waals surface area contributed by atoms with Crippen LogP contribution in [-0.2, 0) is 30.6 Å². The van der Waals surface area contributed by atoms with E-state index in [1.807, 2.05) is 10.6 Å². The summed E-state index contributed by atoms with van der Waals surface area (Å²) in [6.45, 7) is 2.60. The standard InChI is InChI=1S/C31H31F5N10O2/c32-21-3-4-24(41-29(21)48-16-19-2-1-17(13-37)11-22(19)33)18-5-8-45(9-6-18)15-26-40-25(27(39)46(26)14-20-7-10-47-20)12-23(38)28-42-30(44-43-28)31(34,35)36/h1-4,11-12,18,20H,5-10,14-16,38-39H2,(H,42,43,44)/b23-12-. The summed E-state index contributed by atoms with van der Waals surface area (Å²) in [5.74, 6) is -2.10. The molecule has 2 saturated heterocycles. The Morgan fingerprint density at radius 1 is 1.10 bits per heavy atom. The zero-order valence-electron chi connectivity index (χ0n) is 25.5. The third kappa shape index (κ3) is 7.24. The molecule has 0 amide bonds. The lowest BCUT2D eigenvalue weighted by molar-refractivity contribution is -0.144. The lowest BCUT2D eigenvalue weighted by Crippen LogP contribution is -2.35. The van der Waals surface area contributed by atoms with Crippen LogP contribution >= 0.6 is 0 Å². The number of rotatable bonds is 10. The molecule has 0 spiro atoms. The number of nitrogens with zero attached hydrogens (tertiary/aromatic N) is 7. The number of pyridine rings is 1. The number of alkyl halides is 3. The Labute approximate surface area is 271 Å². The first-order chi connectivity index (χ1) is 23.0. The highest BCUT2D eigenvalue weighted by molar-refractivity contribution is 5.78. The predicted octanol–water partition coefficient (Wildman–Crippen LogP) is 4.35. The maximum Gasteiger partial charge on any atom is 0.451 e. The molecule has 0 bridgehead atoms. The number of aromatic nitrogens is 6. The Kier molecular flexibility index (Phi) is 9.29. The van der Waals surface area contributed by atoms with E-state index in [0.29, 0.717) is 57.1 Å². The third-order valence-electron chi connectivity index (χ3n) is 8.37. The number of imidazole rings is 1. The molecule has 0 aliphatic carbocycles. The van der Waals surface area contributed by atoms with Crippen LogP contribution in [0.5, 0.6) is 5.88 Å². The molecular formula is C31H31F5N10O2. The number of nitrogens with two attached hydrogens (primary N) is 2. The number of anilines is 1. The fourth-order valence-corrected chi connectivity index (χ4v) is 5.57. The second-order valence-electron chi connectivity index (χ2n) is 11.6. The zero-order chi connectivity index (χ0) is 34.0. The Hall–Kier alpha value is -5.08. The van der Waals surface area contributed by atoms with E-state index in [9.17, 15) is 22.0 Å². The first kappa shape index (κ1) is 32.8. The summed E-state index contributed by atoms with van der Waals surface area (Å²) in [6.07, 6.45) is -1.12. The van der Waals surface area contributed by atoms with Gasteiger partial charge >= 0.3 is 6.18 Å². The van der Waals surface area contributed by atoms with Gasteiger partial charge in [-0.15, -0.1) is 10.2 Å². The van der Waals surface area contributed by atoms with Crippen LogP contribution < -0.4 is 16.2 Å². The highest BCUT2D eigenvalue weighted by Gasteiger charge is 2.35. The molecule has 5 N–H and O–H groups in total. The molecule has 2 aliphatic rings. The fraction of sp³-hybridized carbons (Fsp3) is 0.387. The van der Waals surface area contributed by atoms with E-state index >= 15 is 0 Å². The minimum absolute atomic E-state index is 0.0193. The van der Waals surface area contributed by atoms with Crippen LogP contribution in [0.25, 0.3) is 11.8 Å². The van der Waals surface area contributed by atoms with Crippen LogP contribution in [0, 0.1) is 23.0 Å². The van der Waals surface area contributed by atoms with Gasteiger partial charge in [-0.2, -0.15) is 18.4 Å². The normalized spacial score (nSPS) is 17.7. The molecule has 0 saturated carbocycles. The van der Waals surface area contributed by atoms with Gasteiger partial charge in [0.2, 0.25) is 5.82 Å². The van der Waals surface area contributed by atoms with Gasteiger partial charge in [0, 0.05) is 23.8 Å². The van der Waals surface area contributed by atoms with E-state index in [1.165, 1.54) is 24.3 Å². The Balaban J connectivity index is 1.12. The van der Waals surface area contributed by atoms with Crippen LogP contribution in [0.4, 0.5) is 27.8 Å². The van der Waals surface area contributed by atoms with E-state index in [0.717, 1.165) is 12.5 Å². The molecule has 2 fully saturated rings. The predicted molar refractivity (Wildman–Crippen MR) is 161 cm³/mol. The molecule has 1 unspecified atom stereocenters. The third-order valence-corrected chi connectivity index (χ3v) is 8.37.